The molecule has 0 bridgehead atoms. The normalized spacial score (nSPS) is 12.9. The first-order valence-electron chi connectivity index (χ1n) is 6.29. The molecule has 2 heterocycles. The molecule has 6 heteroatoms. The summed E-state index contributed by atoms with van der Waals surface area (Å²) in [5.41, 5.74) is 2.62. The summed E-state index contributed by atoms with van der Waals surface area (Å²) in [6, 6.07) is 5.29. The molecule has 104 valence electrons. The number of hydrogen-bond acceptors (Lipinski definition) is 4. The van der Waals surface area contributed by atoms with Crippen LogP contribution in [0, 0.1) is 6.92 Å². The number of fused-ring (bicyclic) bond motifs is 1. The van der Waals surface area contributed by atoms with E-state index in [9.17, 15) is 4.79 Å². The Bertz CT molecular complexity index is 666. The number of carbonyl (C=O) groups is 1. The Labute approximate surface area is 120 Å². The van der Waals surface area contributed by atoms with Crippen LogP contribution in [0.1, 0.15) is 27.4 Å². The standard InChI is InChI=1S/C14H13ClN2O3/c1-8-4-12(20-17-8)14(18)16-7-10-6-11(15)5-9-2-3-19-13(9)10/h4-6H,2-3,7H2,1H3,(H,16,18). The van der Waals surface area contributed by atoms with Gasteiger partial charge in [-0.25, -0.2) is 0 Å². The summed E-state index contributed by atoms with van der Waals surface area (Å²) >= 11 is 6.07. The number of amides is 1. The highest BCUT2D eigenvalue weighted by molar-refractivity contribution is 6.30. The molecule has 0 spiro atoms. The van der Waals surface area contributed by atoms with Crippen LogP contribution in [0.5, 0.6) is 5.75 Å². The highest BCUT2D eigenvalue weighted by atomic mass is 35.5. The number of nitrogens with one attached hydrogen (secondary N) is 1. The van der Waals surface area contributed by atoms with E-state index in [4.69, 9.17) is 20.9 Å². The number of ether oxygens (including phenoxy) is 1. The molecular weight excluding hydrogens is 280 g/mol. The fourth-order valence-electron chi connectivity index (χ4n) is 2.21. The summed E-state index contributed by atoms with van der Waals surface area (Å²) in [7, 11) is 0. The second-order valence-electron chi connectivity index (χ2n) is 4.67. The van der Waals surface area contributed by atoms with E-state index >= 15 is 0 Å². The van der Waals surface area contributed by atoms with Gasteiger partial charge in [-0.3, -0.25) is 4.79 Å². The van der Waals surface area contributed by atoms with Crippen molar-refractivity contribution in [1.82, 2.24) is 10.5 Å². The van der Waals surface area contributed by atoms with Crippen LogP contribution in [0.15, 0.2) is 22.7 Å². The Morgan fingerprint density at radius 2 is 2.30 bits per heavy atom. The van der Waals surface area contributed by atoms with Crippen LogP contribution >= 0.6 is 11.6 Å². The number of aryl methyl sites for hydroxylation is 1. The average molecular weight is 293 g/mol. The number of carbonyl (C=O) groups excluding carboxylic acids is 1. The number of hydrogen-bond donors (Lipinski definition) is 1. The van der Waals surface area contributed by atoms with Gasteiger partial charge in [0.15, 0.2) is 0 Å². The van der Waals surface area contributed by atoms with Gasteiger partial charge in [-0.1, -0.05) is 16.8 Å². The first kappa shape index (κ1) is 13.0. The molecule has 1 N–H and O–H groups in total. The number of nitrogens with zero attached hydrogens (tertiary/aromatic N) is 1. The predicted molar refractivity (Wildman–Crippen MR) is 73.1 cm³/mol. The summed E-state index contributed by atoms with van der Waals surface area (Å²) < 4.78 is 10.5. The van der Waals surface area contributed by atoms with E-state index in [-0.39, 0.29) is 11.7 Å². The lowest BCUT2D eigenvalue weighted by molar-refractivity contribution is 0.0913. The minimum Gasteiger partial charge on any atom is -0.493 e. The molecule has 1 aliphatic rings. The molecule has 1 aliphatic heterocycles. The molecule has 0 radical (unpaired) electrons. The van der Waals surface area contributed by atoms with E-state index in [0.29, 0.717) is 23.9 Å². The quantitative estimate of drug-likeness (QED) is 0.944. The summed E-state index contributed by atoms with van der Waals surface area (Å²) in [4.78, 5) is 11.9. The lowest BCUT2D eigenvalue weighted by atomic mass is 10.1. The van der Waals surface area contributed by atoms with Crippen LogP contribution < -0.4 is 10.1 Å². The molecule has 3 rings (SSSR count). The van der Waals surface area contributed by atoms with Gasteiger partial charge in [-0.15, -0.1) is 0 Å². The van der Waals surface area contributed by atoms with Crippen LogP contribution in [0.3, 0.4) is 0 Å². The fourth-order valence-corrected chi connectivity index (χ4v) is 2.47. The number of rotatable bonds is 3. The van der Waals surface area contributed by atoms with Gasteiger partial charge in [0, 0.05) is 29.6 Å². The van der Waals surface area contributed by atoms with E-state index in [2.05, 4.69) is 10.5 Å². The van der Waals surface area contributed by atoms with Crippen LogP contribution in [-0.4, -0.2) is 17.7 Å². The van der Waals surface area contributed by atoms with Crippen molar-refractivity contribution in [2.24, 2.45) is 0 Å². The zero-order valence-corrected chi connectivity index (χ0v) is 11.7. The third-order valence-corrected chi connectivity index (χ3v) is 3.33. The number of benzene rings is 1. The lowest BCUT2D eigenvalue weighted by Gasteiger charge is -2.09. The first-order chi connectivity index (χ1) is 9.63. The van der Waals surface area contributed by atoms with Gasteiger partial charge < -0.3 is 14.6 Å². The summed E-state index contributed by atoms with van der Waals surface area (Å²) in [6.45, 7) is 2.75. The fraction of sp³-hybridized carbons (Fsp3) is 0.286. The zero-order chi connectivity index (χ0) is 14.1. The second-order valence-corrected chi connectivity index (χ2v) is 5.10. The molecule has 1 aromatic heterocycles. The molecule has 5 nitrogen and oxygen atoms in total. The summed E-state index contributed by atoms with van der Waals surface area (Å²) in [5, 5.41) is 7.10. The smallest absolute Gasteiger partial charge is 0.290 e. The lowest BCUT2D eigenvalue weighted by Crippen LogP contribution is -2.22. The van der Waals surface area contributed by atoms with Crippen molar-refractivity contribution < 1.29 is 14.1 Å². The highest BCUT2D eigenvalue weighted by Crippen LogP contribution is 2.32. The van der Waals surface area contributed by atoms with E-state index in [0.717, 1.165) is 23.3 Å². The van der Waals surface area contributed by atoms with E-state index < -0.39 is 0 Å². The third kappa shape index (κ3) is 2.49. The van der Waals surface area contributed by atoms with E-state index in [1.807, 2.05) is 6.07 Å². The van der Waals surface area contributed by atoms with Gasteiger partial charge in [0.1, 0.15) is 5.75 Å². The first-order valence-corrected chi connectivity index (χ1v) is 6.67. The topological polar surface area (TPSA) is 64.4 Å². The van der Waals surface area contributed by atoms with Gasteiger partial charge in [0.05, 0.1) is 12.3 Å². The summed E-state index contributed by atoms with van der Waals surface area (Å²) in [5.74, 6) is 0.711. The minimum absolute atomic E-state index is 0.196. The van der Waals surface area contributed by atoms with Crippen molar-refractivity contribution in [2.75, 3.05) is 6.61 Å². The Hall–Kier alpha value is -2.01. The molecule has 0 aliphatic carbocycles. The molecule has 0 saturated heterocycles. The predicted octanol–water partition coefficient (Wildman–Crippen LogP) is 2.50. The van der Waals surface area contributed by atoms with E-state index in [1.54, 1.807) is 19.1 Å². The maximum absolute atomic E-state index is 11.9. The Kier molecular flexibility index (Phi) is 3.36. The third-order valence-electron chi connectivity index (χ3n) is 3.12. The van der Waals surface area contributed by atoms with Crippen molar-refractivity contribution in [3.63, 3.8) is 0 Å². The Morgan fingerprint density at radius 3 is 3.05 bits per heavy atom. The molecular formula is C14H13ClN2O3. The zero-order valence-electron chi connectivity index (χ0n) is 10.9. The van der Waals surface area contributed by atoms with Crippen LogP contribution in [0.25, 0.3) is 0 Å². The molecule has 2 aromatic rings. The average Bonchev–Trinajstić information content (AvgIpc) is 3.03. The van der Waals surface area contributed by atoms with Crippen molar-refractivity contribution in [1.29, 1.82) is 0 Å². The molecule has 0 unspecified atom stereocenters. The van der Waals surface area contributed by atoms with Gasteiger partial charge >= 0.3 is 0 Å². The highest BCUT2D eigenvalue weighted by Gasteiger charge is 2.19. The molecule has 20 heavy (non-hydrogen) atoms. The number of halogens is 1. The molecule has 1 aromatic carbocycles. The van der Waals surface area contributed by atoms with Crippen LogP contribution in [0.4, 0.5) is 0 Å². The van der Waals surface area contributed by atoms with Crippen LogP contribution in [-0.2, 0) is 13.0 Å². The monoisotopic (exact) mass is 292 g/mol. The molecule has 0 saturated carbocycles. The molecule has 0 fully saturated rings. The Morgan fingerprint density at radius 1 is 1.45 bits per heavy atom. The van der Waals surface area contributed by atoms with Crippen molar-refractivity contribution in [2.45, 2.75) is 19.9 Å². The molecule has 1 amide bonds. The SMILES string of the molecule is Cc1cc(C(=O)NCc2cc(Cl)cc3c2OCC3)on1. The van der Waals surface area contributed by atoms with Crippen molar-refractivity contribution in [3.8, 4) is 5.75 Å². The van der Waals surface area contributed by atoms with E-state index in [1.165, 1.54) is 0 Å². The van der Waals surface area contributed by atoms with Gasteiger partial charge in [-0.2, -0.15) is 0 Å². The minimum atomic E-state index is -0.308. The maximum atomic E-state index is 11.9. The largest absolute Gasteiger partial charge is 0.493 e. The van der Waals surface area contributed by atoms with Gasteiger partial charge in [0.25, 0.3) is 5.91 Å². The maximum Gasteiger partial charge on any atom is 0.290 e. The molecule has 0 atom stereocenters. The van der Waals surface area contributed by atoms with Gasteiger partial charge in [0.2, 0.25) is 5.76 Å². The van der Waals surface area contributed by atoms with Crippen molar-refractivity contribution in [3.05, 3.63) is 45.8 Å². The van der Waals surface area contributed by atoms with Crippen molar-refractivity contribution >= 4 is 17.5 Å². The second kappa shape index (κ2) is 5.17. The Balaban J connectivity index is 1.74. The number of aromatic nitrogens is 1. The summed E-state index contributed by atoms with van der Waals surface area (Å²) in [6.07, 6.45) is 0.845. The van der Waals surface area contributed by atoms with Crippen LogP contribution in [0.2, 0.25) is 5.02 Å². The van der Waals surface area contributed by atoms with Gasteiger partial charge in [-0.05, 0) is 24.6 Å².